The number of fused-ring (bicyclic) bond motifs is 2. The summed E-state index contributed by atoms with van der Waals surface area (Å²) < 4.78 is 5.27. The van der Waals surface area contributed by atoms with Gasteiger partial charge in [0.25, 0.3) is 0 Å². The summed E-state index contributed by atoms with van der Waals surface area (Å²) in [6, 6.07) is 6.90. The van der Waals surface area contributed by atoms with Crippen molar-refractivity contribution in [3.63, 3.8) is 0 Å². The first-order valence-corrected chi connectivity index (χ1v) is 6.69. The second kappa shape index (κ2) is 3.95. The largest absolute Gasteiger partial charge is 0.497 e. The van der Waals surface area contributed by atoms with Gasteiger partial charge in [-0.1, -0.05) is 6.07 Å². The number of nitrogens with zero attached hydrogens (tertiary/aromatic N) is 1. The molecule has 0 spiro atoms. The van der Waals surface area contributed by atoms with Crippen molar-refractivity contribution >= 4 is 11.8 Å². The zero-order chi connectivity index (χ0) is 11.1. The minimum absolute atomic E-state index is 0.133. The lowest BCUT2D eigenvalue weighted by Crippen LogP contribution is -2.43. The van der Waals surface area contributed by atoms with Crippen molar-refractivity contribution < 1.29 is 4.74 Å². The van der Waals surface area contributed by atoms with Crippen molar-refractivity contribution in [1.29, 1.82) is 0 Å². The predicted molar refractivity (Wildman–Crippen MR) is 66.6 cm³/mol. The Kier molecular flexibility index (Phi) is 2.58. The Morgan fingerprint density at radius 2 is 2.38 bits per heavy atom. The lowest BCUT2D eigenvalue weighted by Gasteiger charge is -2.35. The van der Waals surface area contributed by atoms with E-state index in [1.54, 1.807) is 7.11 Å². The van der Waals surface area contributed by atoms with E-state index >= 15 is 0 Å². The number of benzene rings is 1. The molecule has 0 saturated carbocycles. The lowest BCUT2D eigenvalue weighted by molar-refractivity contribution is 0.207. The lowest BCUT2D eigenvalue weighted by atomic mass is 9.91. The summed E-state index contributed by atoms with van der Waals surface area (Å²) in [5, 5.41) is 0. The third-order valence-electron chi connectivity index (χ3n) is 3.51. The van der Waals surface area contributed by atoms with Crippen molar-refractivity contribution in [3.05, 3.63) is 29.3 Å². The molecule has 1 fully saturated rings. The molecule has 4 heteroatoms. The van der Waals surface area contributed by atoms with Crippen LogP contribution in [-0.2, 0) is 6.54 Å². The highest BCUT2D eigenvalue weighted by Gasteiger charge is 2.36. The van der Waals surface area contributed by atoms with Gasteiger partial charge >= 0.3 is 0 Å². The molecule has 1 aromatic carbocycles. The Hall–Kier alpha value is -0.710. The molecular formula is C12H16N2OS. The van der Waals surface area contributed by atoms with E-state index in [2.05, 4.69) is 17.0 Å². The van der Waals surface area contributed by atoms with Gasteiger partial charge in [0.2, 0.25) is 0 Å². The number of rotatable bonds is 1. The molecule has 0 aliphatic carbocycles. The smallest absolute Gasteiger partial charge is 0.119 e. The Morgan fingerprint density at radius 3 is 3.19 bits per heavy atom. The van der Waals surface area contributed by atoms with Crippen LogP contribution in [0.25, 0.3) is 0 Å². The first kappa shape index (κ1) is 10.4. The highest BCUT2D eigenvalue weighted by molar-refractivity contribution is 7.99. The van der Waals surface area contributed by atoms with Gasteiger partial charge in [-0.2, -0.15) is 0 Å². The van der Waals surface area contributed by atoms with E-state index in [9.17, 15) is 0 Å². The Labute approximate surface area is 99.9 Å². The van der Waals surface area contributed by atoms with Gasteiger partial charge in [-0.25, -0.2) is 0 Å². The molecule has 2 heterocycles. The third kappa shape index (κ3) is 1.52. The van der Waals surface area contributed by atoms with Crippen molar-refractivity contribution in [3.8, 4) is 5.75 Å². The minimum atomic E-state index is 0.133. The summed E-state index contributed by atoms with van der Waals surface area (Å²) in [5.74, 6) is 3.18. The maximum atomic E-state index is 6.34. The zero-order valence-corrected chi connectivity index (χ0v) is 10.2. The molecule has 1 saturated heterocycles. The van der Waals surface area contributed by atoms with Gasteiger partial charge < -0.3 is 10.5 Å². The number of thioether (sulfide) groups is 1. The van der Waals surface area contributed by atoms with Crippen LogP contribution in [0.2, 0.25) is 0 Å². The fourth-order valence-corrected chi connectivity index (χ4v) is 3.85. The normalized spacial score (nSPS) is 28.6. The van der Waals surface area contributed by atoms with Crippen LogP contribution in [0.1, 0.15) is 17.2 Å². The van der Waals surface area contributed by atoms with Crippen LogP contribution in [0, 0.1) is 0 Å². The average Bonchev–Trinajstić information content (AvgIpc) is 2.77. The molecule has 2 aliphatic rings. The van der Waals surface area contributed by atoms with Gasteiger partial charge in [0.15, 0.2) is 0 Å². The molecule has 3 nitrogen and oxygen atoms in total. The van der Waals surface area contributed by atoms with Crippen LogP contribution in [0.15, 0.2) is 18.2 Å². The third-order valence-corrected chi connectivity index (χ3v) is 4.61. The molecule has 3 rings (SSSR count). The molecule has 1 aromatic rings. The molecule has 0 amide bonds. The van der Waals surface area contributed by atoms with Gasteiger partial charge in [-0.15, -0.1) is 11.8 Å². The predicted octanol–water partition coefficient (Wildman–Crippen LogP) is 1.58. The fraction of sp³-hybridized carbons (Fsp3) is 0.500. The first-order chi connectivity index (χ1) is 7.79. The van der Waals surface area contributed by atoms with Crippen molar-refractivity contribution in [1.82, 2.24) is 4.90 Å². The first-order valence-electron chi connectivity index (χ1n) is 5.54. The fourth-order valence-electron chi connectivity index (χ4n) is 2.57. The van der Waals surface area contributed by atoms with E-state index < -0.39 is 0 Å². The molecule has 0 radical (unpaired) electrons. The molecule has 0 aromatic heterocycles. The average molecular weight is 236 g/mol. The molecule has 16 heavy (non-hydrogen) atoms. The van der Waals surface area contributed by atoms with E-state index in [4.69, 9.17) is 10.5 Å². The number of nitrogens with two attached hydrogens (primary N) is 1. The quantitative estimate of drug-likeness (QED) is 0.803. The van der Waals surface area contributed by atoms with Crippen LogP contribution < -0.4 is 10.5 Å². The van der Waals surface area contributed by atoms with Crippen molar-refractivity contribution in [2.75, 3.05) is 18.7 Å². The zero-order valence-electron chi connectivity index (χ0n) is 9.35. The summed E-state index contributed by atoms with van der Waals surface area (Å²) in [4.78, 5) is 2.48. The van der Waals surface area contributed by atoms with Gasteiger partial charge in [-0.05, 0) is 23.3 Å². The molecule has 86 valence electrons. The molecule has 2 aliphatic heterocycles. The molecule has 0 bridgehead atoms. The van der Waals surface area contributed by atoms with Gasteiger partial charge in [0.1, 0.15) is 5.75 Å². The second-order valence-corrected chi connectivity index (χ2v) is 5.40. The molecule has 2 N–H and O–H groups in total. The van der Waals surface area contributed by atoms with E-state index in [0.717, 1.165) is 23.9 Å². The molecular weight excluding hydrogens is 220 g/mol. The summed E-state index contributed by atoms with van der Waals surface area (Å²) in [7, 11) is 1.70. The summed E-state index contributed by atoms with van der Waals surface area (Å²) in [6.07, 6.45) is 0. The number of hydrogen-bond donors (Lipinski definition) is 1. The van der Waals surface area contributed by atoms with E-state index in [1.807, 2.05) is 17.8 Å². The highest BCUT2D eigenvalue weighted by Crippen LogP contribution is 2.37. The monoisotopic (exact) mass is 236 g/mol. The molecule has 2 atom stereocenters. The number of hydrogen-bond acceptors (Lipinski definition) is 4. The van der Waals surface area contributed by atoms with Crippen LogP contribution in [0.3, 0.4) is 0 Å². The molecule has 1 unspecified atom stereocenters. The highest BCUT2D eigenvalue weighted by atomic mass is 32.2. The summed E-state index contributed by atoms with van der Waals surface area (Å²) in [6.45, 7) is 1.03. The summed E-state index contributed by atoms with van der Waals surface area (Å²) >= 11 is 1.98. The standard InChI is InChI=1S/C12H16N2OS/c1-15-9-3-2-8-5-14-7-16-6-11(14)12(13)10(8)4-9/h2-4,11-12H,5-7,13H2,1H3/t11-,12?/m1/s1. The van der Waals surface area contributed by atoms with Crippen LogP contribution in [-0.4, -0.2) is 29.7 Å². The maximum Gasteiger partial charge on any atom is 0.119 e. The van der Waals surface area contributed by atoms with Gasteiger partial charge in [0.05, 0.1) is 7.11 Å². The maximum absolute atomic E-state index is 6.34. The van der Waals surface area contributed by atoms with Crippen molar-refractivity contribution in [2.45, 2.75) is 18.6 Å². The van der Waals surface area contributed by atoms with Crippen LogP contribution in [0.4, 0.5) is 0 Å². The second-order valence-electron chi connectivity index (χ2n) is 4.40. The van der Waals surface area contributed by atoms with E-state index in [1.165, 1.54) is 11.1 Å². The topological polar surface area (TPSA) is 38.5 Å². The van der Waals surface area contributed by atoms with Gasteiger partial charge in [-0.3, -0.25) is 4.90 Å². The number of methoxy groups -OCH3 is 1. The number of ether oxygens (including phenoxy) is 1. The summed E-state index contributed by atoms with van der Waals surface area (Å²) in [5.41, 5.74) is 8.97. The van der Waals surface area contributed by atoms with E-state index in [0.29, 0.717) is 6.04 Å². The van der Waals surface area contributed by atoms with Crippen molar-refractivity contribution in [2.24, 2.45) is 5.73 Å². The Morgan fingerprint density at radius 1 is 1.50 bits per heavy atom. The van der Waals surface area contributed by atoms with Crippen LogP contribution >= 0.6 is 11.8 Å². The Bertz CT molecular complexity index is 410. The minimum Gasteiger partial charge on any atom is -0.497 e. The van der Waals surface area contributed by atoms with Crippen LogP contribution in [0.5, 0.6) is 5.75 Å². The SMILES string of the molecule is COc1ccc2c(c1)C(N)[C@H]1CSCN1C2. The van der Waals surface area contributed by atoms with E-state index in [-0.39, 0.29) is 6.04 Å². The Balaban J connectivity index is 2.01. The van der Waals surface area contributed by atoms with Gasteiger partial charge in [0, 0.05) is 30.3 Å².